The average molecular weight is 534 g/mol. The highest BCUT2D eigenvalue weighted by Crippen LogP contribution is 2.46. The molecule has 0 bridgehead atoms. The second-order valence-corrected chi connectivity index (χ2v) is 9.82. The number of carboxylic acid groups (broad SMARTS) is 1. The number of fused-ring (bicyclic) bond motifs is 3. The Bertz CT molecular complexity index is 1600. The molecule has 11 heteroatoms. The standard InChI is InChI=1S/C28H21F3N4O4/c29-28(30,31)22-23(16-4-2-1-3-5-16)33-39-26(22)25-21-9-7-17-10-15(6-8-20(17)24(21)34-38-25)13-35(14-32)19-11-18(12-19)27(36)37/h1-6,8,10,18-19H,7,9,11-13H2,(H,36,37). The summed E-state index contributed by atoms with van der Waals surface area (Å²) < 4.78 is 53.3. The van der Waals surface area contributed by atoms with Crippen molar-refractivity contribution in [2.75, 3.05) is 0 Å². The summed E-state index contributed by atoms with van der Waals surface area (Å²) in [6.07, 6.45) is -0.784. The number of hydrogen-bond donors (Lipinski definition) is 1. The first kappa shape index (κ1) is 24.7. The Hall–Kier alpha value is -4.59. The van der Waals surface area contributed by atoms with Crippen molar-refractivity contribution < 1.29 is 32.1 Å². The molecule has 8 nitrogen and oxygen atoms in total. The van der Waals surface area contributed by atoms with Gasteiger partial charge in [0.25, 0.3) is 0 Å². The molecular weight excluding hydrogens is 513 g/mol. The Morgan fingerprint density at radius 2 is 1.77 bits per heavy atom. The minimum atomic E-state index is -4.74. The average Bonchev–Trinajstić information content (AvgIpc) is 3.52. The van der Waals surface area contributed by atoms with E-state index in [0.717, 1.165) is 16.7 Å². The number of aromatic nitrogens is 2. The number of nitriles is 1. The van der Waals surface area contributed by atoms with Gasteiger partial charge in [0.05, 0.1) is 12.5 Å². The number of carboxylic acids is 1. The number of aryl methyl sites for hydroxylation is 1. The van der Waals surface area contributed by atoms with Gasteiger partial charge in [-0.15, -0.1) is 0 Å². The predicted octanol–water partition coefficient (Wildman–Crippen LogP) is 5.93. The van der Waals surface area contributed by atoms with E-state index < -0.39 is 29.4 Å². The van der Waals surface area contributed by atoms with Crippen LogP contribution in [0.5, 0.6) is 0 Å². The molecule has 1 N–H and O–H groups in total. The summed E-state index contributed by atoms with van der Waals surface area (Å²) in [7, 11) is 0. The van der Waals surface area contributed by atoms with Crippen LogP contribution >= 0.6 is 0 Å². The Labute approximate surface area is 220 Å². The molecule has 4 aromatic rings. The van der Waals surface area contributed by atoms with Crippen molar-refractivity contribution in [2.24, 2.45) is 5.92 Å². The van der Waals surface area contributed by atoms with E-state index in [1.54, 1.807) is 23.1 Å². The number of hydrogen-bond acceptors (Lipinski definition) is 7. The molecule has 0 amide bonds. The largest absolute Gasteiger partial charge is 0.481 e. The first-order valence-corrected chi connectivity index (χ1v) is 12.4. The highest BCUT2D eigenvalue weighted by molar-refractivity contribution is 5.79. The first-order chi connectivity index (χ1) is 18.7. The third-order valence-electron chi connectivity index (χ3n) is 7.47. The van der Waals surface area contributed by atoms with Crippen LogP contribution in [0, 0.1) is 17.4 Å². The molecule has 0 unspecified atom stereocenters. The van der Waals surface area contributed by atoms with Gasteiger partial charge in [-0.1, -0.05) is 58.8 Å². The molecule has 0 aliphatic heterocycles. The van der Waals surface area contributed by atoms with Crippen molar-refractivity contribution in [3.8, 4) is 40.2 Å². The van der Waals surface area contributed by atoms with E-state index in [0.29, 0.717) is 43.5 Å². The highest BCUT2D eigenvalue weighted by atomic mass is 19.4. The zero-order valence-electron chi connectivity index (χ0n) is 20.4. The SMILES string of the molecule is N#CN(Cc1ccc2c(c1)CCc1c-2noc1-c1onc(-c2ccccc2)c1C(F)(F)F)C1CC(C(=O)O)C1. The smallest absolute Gasteiger partial charge is 0.422 e. The summed E-state index contributed by atoms with van der Waals surface area (Å²) in [6.45, 7) is 0.340. The van der Waals surface area contributed by atoms with E-state index in [9.17, 15) is 23.2 Å². The molecule has 39 heavy (non-hydrogen) atoms. The van der Waals surface area contributed by atoms with Gasteiger partial charge in [0.1, 0.15) is 17.0 Å². The maximum atomic E-state index is 14.2. The number of carbonyl (C=O) groups is 1. The second-order valence-electron chi connectivity index (χ2n) is 9.82. The van der Waals surface area contributed by atoms with Crippen molar-refractivity contribution >= 4 is 5.97 Å². The molecule has 6 rings (SSSR count). The second kappa shape index (κ2) is 9.31. The molecule has 1 fully saturated rings. The molecule has 2 aliphatic carbocycles. The van der Waals surface area contributed by atoms with Crippen molar-refractivity contribution in [3.63, 3.8) is 0 Å². The molecule has 198 valence electrons. The quantitative estimate of drug-likeness (QED) is 0.239. The number of alkyl halides is 3. The van der Waals surface area contributed by atoms with E-state index in [-0.39, 0.29) is 23.1 Å². The minimum Gasteiger partial charge on any atom is -0.481 e. The lowest BCUT2D eigenvalue weighted by atomic mass is 9.79. The van der Waals surface area contributed by atoms with Crippen molar-refractivity contribution in [2.45, 2.75) is 44.4 Å². The zero-order valence-corrected chi connectivity index (χ0v) is 20.4. The fraction of sp³-hybridized carbons (Fsp3) is 0.286. The van der Waals surface area contributed by atoms with Crippen LogP contribution in [0.2, 0.25) is 0 Å². The number of benzene rings is 2. The molecular formula is C28H21F3N4O4. The Morgan fingerprint density at radius 3 is 2.46 bits per heavy atom. The molecule has 0 saturated heterocycles. The number of halogens is 3. The van der Waals surface area contributed by atoms with Crippen LogP contribution in [-0.4, -0.2) is 32.3 Å². The first-order valence-electron chi connectivity index (χ1n) is 12.4. The summed E-state index contributed by atoms with van der Waals surface area (Å²) in [4.78, 5) is 12.7. The van der Waals surface area contributed by atoms with Gasteiger partial charge in [-0.3, -0.25) is 4.79 Å². The van der Waals surface area contributed by atoms with Gasteiger partial charge in [0, 0.05) is 22.7 Å². The van der Waals surface area contributed by atoms with E-state index in [1.807, 2.05) is 18.2 Å². The van der Waals surface area contributed by atoms with E-state index in [4.69, 9.17) is 14.2 Å². The monoisotopic (exact) mass is 534 g/mol. The predicted molar refractivity (Wildman–Crippen MR) is 131 cm³/mol. The molecule has 0 radical (unpaired) electrons. The van der Waals surface area contributed by atoms with E-state index in [1.165, 1.54) is 12.1 Å². The van der Waals surface area contributed by atoms with Crippen LogP contribution in [0.3, 0.4) is 0 Å². The summed E-state index contributed by atoms with van der Waals surface area (Å²) in [5.74, 6) is -1.85. The normalized spacial score (nSPS) is 18.0. The van der Waals surface area contributed by atoms with Gasteiger partial charge < -0.3 is 19.1 Å². The van der Waals surface area contributed by atoms with Crippen LogP contribution < -0.4 is 0 Å². The summed E-state index contributed by atoms with van der Waals surface area (Å²) >= 11 is 0. The maximum absolute atomic E-state index is 14.2. The lowest BCUT2D eigenvalue weighted by molar-refractivity contribution is -0.146. The molecule has 0 spiro atoms. The van der Waals surface area contributed by atoms with Gasteiger partial charge in [-0.05, 0) is 36.8 Å². The fourth-order valence-corrected chi connectivity index (χ4v) is 5.36. The third kappa shape index (κ3) is 4.31. The van der Waals surface area contributed by atoms with Crippen LogP contribution in [0.4, 0.5) is 13.2 Å². The van der Waals surface area contributed by atoms with Crippen molar-refractivity contribution in [1.82, 2.24) is 15.2 Å². The van der Waals surface area contributed by atoms with Gasteiger partial charge in [0.15, 0.2) is 6.19 Å². The summed E-state index contributed by atoms with van der Waals surface area (Å²) in [5, 5.41) is 26.6. The fourth-order valence-electron chi connectivity index (χ4n) is 5.36. The molecule has 1 saturated carbocycles. The topological polar surface area (TPSA) is 116 Å². The highest BCUT2D eigenvalue weighted by Gasteiger charge is 2.43. The number of aliphatic carboxylic acids is 1. The van der Waals surface area contributed by atoms with Gasteiger partial charge in [0.2, 0.25) is 11.5 Å². The molecule has 0 atom stereocenters. The molecule has 2 aromatic carbocycles. The molecule has 2 aliphatic rings. The Morgan fingerprint density at radius 1 is 1.05 bits per heavy atom. The number of nitrogens with zero attached hydrogens (tertiary/aromatic N) is 4. The van der Waals surface area contributed by atoms with Crippen LogP contribution in [0.25, 0.3) is 34.0 Å². The van der Waals surface area contributed by atoms with E-state index in [2.05, 4.69) is 16.5 Å². The third-order valence-corrected chi connectivity index (χ3v) is 7.47. The van der Waals surface area contributed by atoms with Crippen LogP contribution in [-0.2, 0) is 30.4 Å². The minimum absolute atomic E-state index is 0.0876. The van der Waals surface area contributed by atoms with Gasteiger partial charge >= 0.3 is 12.1 Å². The lowest BCUT2D eigenvalue weighted by Gasteiger charge is -2.38. The van der Waals surface area contributed by atoms with Gasteiger partial charge in [-0.25, -0.2) is 0 Å². The van der Waals surface area contributed by atoms with Crippen LogP contribution in [0.1, 0.15) is 35.1 Å². The Kier molecular flexibility index (Phi) is 5.90. The van der Waals surface area contributed by atoms with E-state index >= 15 is 0 Å². The summed E-state index contributed by atoms with van der Waals surface area (Å²) in [5.41, 5.74) is 2.48. The summed E-state index contributed by atoms with van der Waals surface area (Å²) in [6, 6.07) is 13.5. The zero-order chi connectivity index (χ0) is 27.3. The van der Waals surface area contributed by atoms with Crippen LogP contribution in [0.15, 0.2) is 57.6 Å². The Balaban J connectivity index is 1.30. The van der Waals surface area contributed by atoms with Gasteiger partial charge in [-0.2, -0.15) is 18.4 Å². The molecule has 2 aromatic heterocycles. The lowest BCUT2D eigenvalue weighted by Crippen LogP contribution is -2.44. The maximum Gasteiger partial charge on any atom is 0.422 e. The van der Waals surface area contributed by atoms with Crippen molar-refractivity contribution in [3.05, 3.63) is 70.8 Å². The number of rotatable bonds is 6. The van der Waals surface area contributed by atoms with Crippen molar-refractivity contribution in [1.29, 1.82) is 5.26 Å². The molecule has 2 heterocycles.